The number of nitrogen functional groups attached to an aromatic ring is 1. The fourth-order valence-electron chi connectivity index (χ4n) is 3.04. The van der Waals surface area contributed by atoms with Crippen LogP contribution in [-0.2, 0) is 4.74 Å². The third kappa shape index (κ3) is 4.21. The number of fused-ring (bicyclic) bond motifs is 1. The molecule has 4 rings (SSSR count). The number of nitrogens with one attached hydrogen (secondary N) is 1. The third-order valence-electron chi connectivity index (χ3n) is 4.46. The number of halogens is 1. The van der Waals surface area contributed by atoms with Crippen LogP contribution in [0.25, 0.3) is 11.2 Å². The lowest BCUT2D eigenvalue weighted by Crippen LogP contribution is -2.32. The molecule has 4 atom stereocenters. The Morgan fingerprint density at radius 3 is 2.93 bits per heavy atom. The molecule has 0 bridgehead atoms. The van der Waals surface area contributed by atoms with Gasteiger partial charge in [-0.05, 0) is 17.7 Å². The van der Waals surface area contributed by atoms with Crippen molar-refractivity contribution >= 4 is 46.2 Å². The predicted molar refractivity (Wildman–Crippen MR) is 109 cm³/mol. The van der Waals surface area contributed by atoms with E-state index in [1.165, 1.54) is 12.7 Å². The molecule has 1 saturated heterocycles. The number of aromatic nitrogens is 6. The first-order valence-electron chi connectivity index (χ1n) is 8.79. The highest BCUT2D eigenvalue weighted by molar-refractivity contribution is 7.99. The Morgan fingerprint density at radius 1 is 1.24 bits per heavy atom. The number of anilines is 2. The maximum atomic E-state index is 10.5. The van der Waals surface area contributed by atoms with E-state index in [9.17, 15) is 10.2 Å². The molecular formula is C16H19ClN8O3S. The van der Waals surface area contributed by atoms with Gasteiger partial charge in [0.15, 0.2) is 17.7 Å². The van der Waals surface area contributed by atoms with E-state index < -0.39 is 24.5 Å². The van der Waals surface area contributed by atoms with Crippen molar-refractivity contribution in [3.05, 3.63) is 30.2 Å². The van der Waals surface area contributed by atoms with E-state index in [0.717, 1.165) is 5.75 Å². The number of aliphatic hydroxyl groups excluding tert-OH is 2. The maximum Gasteiger partial charge on any atom is 0.224 e. The summed E-state index contributed by atoms with van der Waals surface area (Å²) in [5.74, 6) is 2.13. The number of hydrogen-bond acceptors (Lipinski definition) is 11. The second-order valence-corrected chi connectivity index (χ2v) is 7.83. The summed E-state index contributed by atoms with van der Waals surface area (Å²) in [4.78, 5) is 20.1. The number of nitrogens with zero attached hydrogens (tertiary/aromatic N) is 6. The third-order valence-corrected chi connectivity index (χ3v) is 5.70. The number of thioether (sulfide) groups is 1. The van der Waals surface area contributed by atoms with Crippen LogP contribution in [0.4, 0.5) is 11.6 Å². The van der Waals surface area contributed by atoms with Crippen LogP contribution in [0.1, 0.15) is 6.23 Å². The Morgan fingerprint density at radius 2 is 2.10 bits per heavy atom. The lowest BCUT2D eigenvalue weighted by atomic mass is 10.1. The minimum atomic E-state index is -1.12. The van der Waals surface area contributed by atoms with Gasteiger partial charge in [0.1, 0.15) is 29.9 Å². The molecule has 1 aliphatic heterocycles. The zero-order valence-corrected chi connectivity index (χ0v) is 16.7. The fraction of sp³-hybridized carbons (Fsp3) is 0.438. The number of aliphatic hydroxyl groups is 2. The van der Waals surface area contributed by atoms with Crippen LogP contribution in [0, 0.1) is 0 Å². The molecule has 0 saturated carbocycles. The van der Waals surface area contributed by atoms with Crippen molar-refractivity contribution in [2.24, 2.45) is 0 Å². The molecule has 29 heavy (non-hydrogen) atoms. The number of hydrogen-bond donors (Lipinski definition) is 4. The summed E-state index contributed by atoms with van der Waals surface area (Å²) in [6, 6.07) is 1.73. The molecule has 5 N–H and O–H groups in total. The highest BCUT2D eigenvalue weighted by atomic mass is 35.5. The standard InChI is InChI=1S/C16H19ClN8O3S/c17-16-20-2-1-9(24-16)19-3-4-29-5-8-11(26)12(27)15(28-8)25-7-23-10-13(18)21-6-22-14(10)25/h1-2,6-8,11-12,15,26-27H,3-5H2,(H2,18,21,22)(H,19,20,24)/t8-,11-,12-,15-/m0/s1. The van der Waals surface area contributed by atoms with E-state index in [0.29, 0.717) is 29.3 Å². The van der Waals surface area contributed by atoms with Crippen LogP contribution in [0.5, 0.6) is 0 Å². The molecule has 0 aliphatic carbocycles. The number of ether oxygens (including phenoxy) is 1. The smallest absolute Gasteiger partial charge is 0.224 e. The molecule has 13 heteroatoms. The summed E-state index contributed by atoms with van der Waals surface area (Å²) >= 11 is 7.32. The quantitative estimate of drug-likeness (QED) is 0.297. The van der Waals surface area contributed by atoms with Crippen LogP contribution >= 0.6 is 23.4 Å². The average molecular weight is 439 g/mol. The van der Waals surface area contributed by atoms with Crippen LogP contribution in [0.3, 0.4) is 0 Å². The van der Waals surface area contributed by atoms with Gasteiger partial charge >= 0.3 is 0 Å². The summed E-state index contributed by atoms with van der Waals surface area (Å²) in [7, 11) is 0. The van der Waals surface area contributed by atoms with Crippen LogP contribution in [0.15, 0.2) is 24.9 Å². The molecule has 3 aromatic rings. The largest absolute Gasteiger partial charge is 0.387 e. The second kappa shape index (κ2) is 8.63. The van der Waals surface area contributed by atoms with E-state index in [1.54, 1.807) is 28.6 Å². The summed E-state index contributed by atoms with van der Waals surface area (Å²) in [5.41, 5.74) is 6.66. The molecule has 11 nitrogen and oxygen atoms in total. The lowest BCUT2D eigenvalue weighted by Gasteiger charge is -2.16. The van der Waals surface area contributed by atoms with Gasteiger partial charge in [-0.3, -0.25) is 4.57 Å². The van der Waals surface area contributed by atoms with Crippen molar-refractivity contribution in [1.82, 2.24) is 29.5 Å². The van der Waals surface area contributed by atoms with Crippen molar-refractivity contribution in [3.8, 4) is 0 Å². The van der Waals surface area contributed by atoms with Crippen molar-refractivity contribution in [2.45, 2.75) is 24.5 Å². The predicted octanol–water partition coefficient (Wildman–Crippen LogP) is 0.316. The fourth-order valence-corrected chi connectivity index (χ4v) is 4.11. The zero-order valence-electron chi connectivity index (χ0n) is 15.1. The zero-order chi connectivity index (χ0) is 20.4. The summed E-state index contributed by atoms with van der Waals surface area (Å²) in [5, 5.41) is 24.2. The number of imidazole rings is 1. The molecule has 1 aliphatic rings. The summed E-state index contributed by atoms with van der Waals surface area (Å²) in [6.07, 6.45) is 0.879. The number of nitrogens with two attached hydrogens (primary N) is 1. The Hall–Kier alpha value is -2.25. The average Bonchev–Trinajstić information content (AvgIpc) is 3.25. The van der Waals surface area contributed by atoms with Gasteiger partial charge in [-0.25, -0.2) is 24.9 Å². The van der Waals surface area contributed by atoms with Gasteiger partial charge < -0.3 is 26.0 Å². The van der Waals surface area contributed by atoms with Gasteiger partial charge in [0.2, 0.25) is 5.28 Å². The molecule has 0 spiro atoms. The monoisotopic (exact) mass is 438 g/mol. The normalized spacial score (nSPS) is 24.2. The molecule has 0 amide bonds. The first-order chi connectivity index (χ1) is 14.0. The molecule has 154 valence electrons. The van der Waals surface area contributed by atoms with Crippen LogP contribution in [0.2, 0.25) is 5.28 Å². The topological polar surface area (TPSA) is 157 Å². The second-order valence-electron chi connectivity index (χ2n) is 6.34. The van der Waals surface area contributed by atoms with Crippen molar-refractivity contribution < 1.29 is 14.9 Å². The van der Waals surface area contributed by atoms with Crippen LogP contribution in [-0.4, -0.2) is 76.1 Å². The molecule has 3 aromatic heterocycles. The molecule has 4 heterocycles. The minimum absolute atomic E-state index is 0.184. The lowest BCUT2D eigenvalue weighted by molar-refractivity contribution is -0.0288. The Balaban J connectivity index is 1.32. The van der Waals surface area contributed by atoms with Gasteiger partial charge in [0.05, 0.1) is 12.4 Å². The highest BCUT2D eigenvalue weighted by Gasteiger charge is 2.44. The van der Waals surface area contributed by atoms with E-state index in [1.807, 2.05) is 0 Å². The minimum Gasteiger partial charge on any atom is -0.387 e. The highest BCUT2D eigenvalue weighted by Crippen LogP contribution is 2.33. The molecule has 0 aromatic carbocycles. The molecular weight excluding hydrogens is 420 g/mol. The van der Waals surface area contributed by atoms with Gasteiger partial charge in [0.25, 0.3) is 0 Å². The first-order valence-corrected chi connectivity index (χ1v) is 10.3. The SMILES string of the molecule is Nc1ncnc2c1ncn2[C@H]1O[C@@H](CSCCNc2ccnc(Cl)n2)[C@H](O)[C@@H]1O. The van der Waals surface area contributed by atoms with Crippen LogP contribution < -0.4 is 11.1 Å². The van der Waals surface area contributed by atoms with Crippen molar-refractivity contribution in [3.63, 3.8) is 0 Å². The van der Waals surface area contributed by atoms with E-state index >= 15 is 0 Å². The molecule has 1 fully saturated rings. The van der Waals surface area contributed by atoms with Gasteiger partial charge in [-0.15, -0.1) is 0 Å². The Kier molecular flexibility index (Phi) is 5.96. The first kappa shape index (κ1) is 20.0. The molecule has 0 unspecified atom stereocenters. The van der Waals surface area contributed by atoms with Crippen molar-refractivity contribution in [2.75, 3.05) is 29.1 Å². The molecule has 0 radical (unpaired) electrons. The van der Waals surface area contributed by atoms with Gasteiger partial charge in [0, 0.05) is 24.2 Å². The Bertz CT molecular complexity index is 992. The summed E-state index contributed by atoms with van der Waals surface area (Å²) < 4.78 is 7.46. The van der Waals surface area contributed by atoms with Gasteiger partial charge in [-0.2, -0.15) is 11.8 Å². The number of rotatable bonds is 7. The Labute approximate surface area is 174 Å². The van der Waals surface area contributed by atoms with Crippen molar-refractivity contribution in [1.29, 1.82) is 0 Å². The van der Waals surface area contributed by atoms with Gasteiger partial charge in [-0.1, -0.05) is 0 Å². The van der Waals surface area contributed by atoms with E-state index in [-0.39, 0.29) is 11.1 Å². The summed E-state index contributed by atoms with van der Waals surface area (Å²) in [6.45, 7) is 0.648. The van der Waals surface area contributed by atoms with E-state index in [2.05, 4.69) is 30.2 Å². The maximum absolute atomic E-state index is 10.5. The van der Waals surface area contributed by atoms with E-state index in [4.69, 9.17) is 22.1 Å².